The lowest BCUT2D eigenvalue weighted by atomic mass is 10.2. The maximum absolute atomic E-state index is 4.40. The molecule has 2 nitrogen and oxygen atoms in total. The normalized spacial score (nSPS) is 17.1. The summed E-state index contributed by atoms with van der Waals surface area (Å²) in [4.78, 5) is 4.40. The van der Waals surface area contributed by atoms with Gasteiger partial charge in [0.25, 0.3) is 0 Å². The van der Waals surface area contributed by atoms with Gasteiger partial charge in [-0.1, -0.05) is 6.92 Å². The van der Waals surface area contributed by atoms with Crippen LogP contribution in [-0.4, -0.2) is 23.3 Å². The number of halogens is 1. The van der Waals surface area contributed by atoms with Crippen molar-refractivity contribution in [2.45, 2.75) is 37.3 Å². The Bertz CT molecular complexity index is 355. The molecule has 17 heavy (non-hydrogen) atoms. The summed E-state index contributed by atoms with van der Waals surface area (Å²) in [5.74, 6) is 2.02. The zero-order valence-electron chi connectivity index (χ0n) is 10.2. The number of nitrogens with zero attached hydrogens (tertiary/aromatic N) is 1. The molecule has 1 aromatic heterocycles. The molecule has 0 amide bonds. The summed E-state index contributed by atoms with van der Waals surface area (Å²) in [6, 6.07) is 4.68. The largest absolute Gasteiger partial charge is 0.313 e. The highest BCUT2D eigenvalue weighted by Gasteiger charge is 2.30. The molecule has 0 radical (unpaired) electrons. The van der Waals surface area contributed by atoms with Gasteiger partial charge < -0.3 is 5.32 Å². The van der Waals surface area contributed by atoms with E-state index in [1.807, 2.05) is 24.0 Å². The molecule has 1 fully saturated rings. The van der Waals surface area contributed by atoms with Crippen molar-refractivity contribution in [1.29, 1.82) is 0 Å². The van der Waals surface area contributed by atoms with Crippen LogP contribution in [0, 0.1) is 5.92 Å². The minimum absolute atomic E-state index is 0.661. The van der Waals surface area contributed by atoms with Crippen LogP contribution in [0.2, 0.25) is 0 Å². The second-order valence-electron chi connectivity index (χ2n) is 4.50. The lowest BCUT2D eigenvalue weighted by molar-refractivity contribution is 0.503. The Kier molecular flexibility index (Phi) is 5.32. The van der Waals surface area contributed by atoms with Crippen molar-refractivity contribution in [3.05, 3.63) is 22.8 Å². The minimum Gasteiger partial charge on any atom is -0.313 e. The molecule has 0 spiro atoms. The smallest absolute Gasteiger partial charge is 0.110 e. The van der Waals surface area contributed by atoms with Gasteiger partial charge in [-0.2, -0.15) is 0 Å². The molecule has 1 heterocycles. The second-order valence-corrected chi connectivity index (χ2v) is 6.36. The molecule has 2 rings (SSSR count). The fraction of sp³-hybridized carbons (Fsp3) is 0.615. The Labute approximate surface area is 116 Å². The van der Waals surface area contributed by atoms with Crippen molar-refractivity contribution >= 4 is 27.7 Å². The standard InChI is InChI=1S/C13H19BrN2S/c1-2-7-15-12(10-5-6-10)9-17-13-11(14)4-3-8-16-13/h3-4,8,10,12,15H,2,5-7,9H2,1H3. The van der Waals surface area contributed by atoms with Gasteiger partial charge in [-0.25, -0.2) is 4.98 Å². The summed E-state index contributed by atoms with van der Waals surface area (Å²) in [5.41, 5.74) is 0. The van der Waals surface area contributed by atoms with E-state index < -0.39 is 0 Å². The van der Waals surface area contributed by atoms with Crippen LogP contribution in [0.15, 0.2) is 27.8 Å². The van der Waals surface area contributed by atoms with E-state index in [9.17, 15) is 0 Å². The van der Waals surface area contributed by atoms with Gasteiger partial charge in [-0.05, 0) is 59.8 Å². The summed E-state index contributed by atoms with van der Waals surface area (Å²) in [6.45, 7) is 3.35. The summed E-state index contributed by atoms with van der Waals surface area (Å²) >= 11 is 5.40. The molecule has 1 unspecified atom stereocenters. The summed E-state index contributed by atoms with van der Waals surface area (Å²) in [6.07, 6.45) is 5.86. The topological polar surface area (TPSA) is 24.9 Å². The van der Waals surface area contributed by atoms with E-state index in [1.165, 1.54) is 19.3 Å². The van der Waals surface area contributed by atoms with Gasteiger partial charge in [0.2, 0.25) is 0 Å². The first kappa shape index (κ1) is 13.4. The number of hydrogen-bond acceptors (Lipinski definition) is 3. The molecule has 1 N–H and O–H groups in total. The third-order valence-electron chi connectivity index (χ3n) is 2.97. The van der Waals surface area contributed by atoms with Crippen LogP contribution in [0.1, 0.15) is 26.2 Å². The molecule has 0 aliphatic heterocycles. The fourth-order valence-electron chi connectivity index (χ4n) is 1.84. The maximum atomic E-state index is 4.40. The van der Waals surface area contributed by atoms with E-state index in [0.717, 1.165) is 27.7 Å². The van der Waals surface area contributed by atoms with Crippen LogP contribution in [0.3, 0.4) is 0 Å². The van der Waals surface area contributed by atoms with Crippen LogP contribution in [-0.2, 0) is 0 Å². The first-order valence-electron chi connectivity index (χ1n) is 6.28. The average Bonchev–Trinajstić information content (AvgIpc) is 3.15. The fourth-order valence-corrected chi connectivity index (χ4v) is 3.50. The number of thioether (sulfide) groups is 1. The van der Waals surface area contributed by atoms with Crippen LogP contribution in [0.4, 0.5) is 0 Å². The Balaban J connectivity index is 1.84. The lowest BCUT2D eigenvalue weighted by Gasteiger charge is -2.17. The van der Waals surface area contributed by atoms with Gasteiger partial charge in [0.05, 0.1) is 0 Å². The second kappa shape index (κ2) is 6.76. The number of rotatable bonds is 7. The third kappa shape index (κ3) is 4.27. The predicted octanol–water partition coefficient (Wildman–Crippen LogP) is 3.71. The predicted molar refractivity (Wildman–Crippen MR) is 77.5 cm³/mol. The molecule has 0 saturated heterocycles. The van der Waals surface area contributed by atoms with E-state index in [0.29, 0.717) is 6.04 Å². The summed E-state index contributed by atoms with van der Waals surface area (Å²) < 4.78 is 1.11. The van der Waals surface area contributed by atoms with Crippen LogP contribution < -0.4 is 5.32 Å². The van der Waals surface area contributed by atoms with Gasteiger partial charge >= 0.3 is 0 Å². The SMILES string of the molecule is CCCNC(CSc1ncccc1Br)C1CC1. The molecule has 1 aliphatic carbocycles. The number of hydrogen-bond donors (Lipinski definition) is 1. The Morgan fingerprint density at radius 3 is 3.06 bits per heavy atom. The van der Waals surface area contributed by atoms with E-state index in [2.05, 4.69) is 39.2 Å². The zero-order chi connectivity index (χ0) is 12.1. The lowest BCUT2D eigenvalue weighted by Crippen LogP contribution is -2.33. The third-order valence-corrected chi connectivity index (χ3v) is 5.00. The van der Waals surface area contributed by atoms with Gasteiger partial charge in [0, 0.05) is 22.5 Å². The number of pyridine rings is 1. The van der Waals surface area contributed by atoms with Crippen LogP contribution in [0.5, 0.6) is 0 Å². The van der Waals surface area contributed by atoms with E-state index in [4.69, 9.17) is 0 Å². The molecule has 1 saturated carbocycles. The molecular formula is C13H19BrN2S. The van der Waals surface area contributed by atoms with Crippen LogP contribution >= 0.6 is 27.7 Å². The van der Waals surface area contributed by atoms with Gasteiger partial charge in [0.15, 0.2) is 0 Å². The highest BCUT2D eigenvalue weighted by Crippen LogP contribution is 2.35. The van der Waals surface area contributed by atoms with Crippen molar-refractivity contribution in [3.8, 4) is 0 Å². The van der Waals surface area contributed by atoms with Gasteiger partial charge in [0.1, 0.15) is 5.03 Å². The van der Waals surface area contributed by atoms with Crippen molar-refractivity contribution in [2.75, 3.05) is 12.3 Å². The first-order chi connectivity index (χ1) is 8.31. The highest BCUT2D eigenvalue weighted by atomic mass is 79.9. The maximum Gasteiger partial charge on any atom is 0.110 e. The Morgan fingerprint density at radius 1 is 1.59 bits per heavy atom. The van der Waals surface area contributed by atoms with Crippen molar-refractivity contribution < 1.29 is 0 Å². The summed E-state index contributed by atoms with van der Waals surface area (Å²) in [5, 5.41) is 4.76. The molecule has 0 aromatic carbocycles. The molecule has 1 aliphatic rings. The van der Waals surface area contributed by atoms with Crippen LogP contribution in [0.25, 0.3) is 0 Å². The zero-order valence-corrected chi connectivity index (χ0v) is 12.6. The van der Waals surface area contributed by atoms with Crippen molar-refractivity contribution in [1.82, 2.24) is 10.3 Å². The quantitative estimate of drug-likeness (QED) is 0.776. The average molecular weight is 315 g/mol. The molecule has 4 heteroatoms. The van der Waals surface area contributed by atoms with E-state index in [-0.39, 0.29) is 0 Å². The number of nitrogens with one attached hydrogen (secondary N) is 1. The first-order valence-corrected chi connectivity index (χ1v) is 8.05. The van der Waals surface area contributed by atoms with E-state index >= 15 is 0 Å². The molecule has 0 bridgehead atoms. The Morgan fingerprint density at radius 2 is 2.41 bits per heavy atom. The number of aromatic nitrogens is 1. The molecular weight excluding hydrogens is 296 g/mol. The molecule has 1 atom stereocenters. The summed E-state index contributed by atoms with van der Waals surface area (Å²) in [7, 11) is 0. The van der Waals surface area contributed by atoms with Gasteiger partial charge in [-0.3, -0.25) is 0 Å². The van der Waals surface area contributed by atoms with E-state index in [1.54, 1.807) is 0 Å². The van der Waals surface area contributed by atoms with Gasteiger partial charge in [-0.15, -0.1) is 11.8 Å². The molecule has 1 aromatic rings. The van der Waals surface area contributed by atoms with Crippen molar-refractivity contribution in [2.24, 2.45) is 5.92 Å². The molecule has 94 valence electrons. The minimum atomic E-state index is 0.661. The Hall–Kier alpha value is -0.0600. The monoisotopic (exact) mass is 314 g/mol. The highest BCUT2D eigenvalue weighted by molar-refractivity contribution is 9.10. The van der Waals surface area contributed by atoms with Crippen molar-refractivity contribution in [3.63, 3.8) is 0 Å².